The monoisotopic (exact) mass is 175 g/mol. The van der Waals surface area contributed by atoms with E-state index in [1.165, 1.54) is 5.56 Å². The highest BCUT2D eigenvalue weighted by atomic mass is 16.5. The minimum absolute atomic E-state index is 0.545. The van der Waals surface area contributed by atoms with Gasteiger partial charge in [0, 0.05) is 0 Å². The van der Waals surface area contributed by atoms with Crippen LogP contribution in [-0.2, 0) is 11.2 Å². The first-order chi connectivity index (χ1) is 6.43. The summed E-state index contributed by atoms with van der Waals surface area (Å²) in [4.78, 5) is 0. The molecular weight excluding hydrogens is 162 g/mol. The third-order valence-corrected chi connectivity index (χ3v) is 1.87. The van der Waals surface area contributed by atoms with E-state index in [0.717, 1.165) is 19.3 Å². The molecule has 0 N–H and O–H groups in total. The zero-order valence-electron chi connectivity index (χ0n) is 7.57. The largest absolute Gasteiger partial charge is 0.428 e. The van der Waals surface area contributed by atoms with Gasteiger partial charge in [-0.05, 0) is 24.8 Å². The van der Waals surface area contributed by atoms with Crippen molar-refractivity contribution >= 4 is 0 Å². The molecule has 0 fully saturated rings. The second-order valence-corrected chi connectivity index (χ2v) is 2.88. The molecule has 2 nitrogen and oxygen atoms in total. The van der Waals surface area contributed by atoms with Gasteiger partial charge < -0.3 is 4.74 Å². The number of nitrogens with zero attached hydrogens (tertiary/aromatic N) is 1. The van der Waals surface area contributed by atoms with E-state index in [9.17, 15) is 0 Å². The van der Waals surface area contributed by atoms with Crippen LogP contribution in [-0.4, -0.2) is 6.61 Å². The average Bonchev–Trinajstić information content (AvgIpc) is 2.19. The first kappa shape index (κ1) is 9.60. The lowest BCUT2D eigenvalue weighted by molar-refractivity contribution is 0.262. The molecule has 0 amide bonds. The van der Waals surface area contributed by atoms with Crippen LogP contribution in [0.15, 0.2) is 30.3 Å². The second kappa shape index (κ2) is 6.07. The molecule has 0 saturated heterocycles. The Hall–Kier alpha value is -1.49. The van der Waals surface area contributed by atoms with E-state index in [4.69, 9.17) is 5.26 Å². The molecule has 0 unspecified atom stereocenters. The minimum atomic E-state index is 0.545. The zero-order chi connectivity index (χ0) is 9.36. The number of aryl methyl sites for hydroxylation is 1. The van der Waals surface area contributed by atoms with Gasteiger partial charge in [-0.15, -0.1) is 0 Å². The summed E-state index contributed by atoms with van der Waals surface area (Å²) in [6.45, 7) is 0.545. The molecule has 0 heterocycles. The number of hydrogen-bond acceptors (Lipinski definition) is 2. The van der Waals surface area contributed by atoms with Gasteiger partial charge in [0.25, 0.3) is 6.26 Å². The fourth-order valence-corrected chi connectivity index (χ4v) is 1.19. The Balaban J connectivity index is 2.11. The maximum Gasteiger partial charge on any atom is 0.286 e. The van der Waals surface area contributed by atoms with Crippen LogP contribution in [0.1, 0.15) is 18.4 Å². The lowest BCUT2D eigenvalue weighted by Gasteiger charge is -1.99. The van der Waals surface area contributed by atoms with Crippen molar-refractivity contribution in [2.45, 2.75) is 19.3 Å². The number of unbranched alkanes of at least 4 members (excludes halogenated alkanes) is 1. The van der Waals surface area contributed by atoms with Crippen molar-refractivity contribution in [1.82, 2.24) is 0 Å². The molecule has 0 aliphatic carbocycles. The summed E-state index contributed by atoms with van der Waals surface area (Å²) in [5.74, 6) is 0. The van der Waals surface area contributed by atoms with Crippen LogP contribution in [0.4, 0.5) is 0 Å². The van der Waals surface area contributed by atoms with E-state index in [1.54, 1.807) is 6.26 Å². The van der Waals surface area contributed by atoms with Crippen LogP contribution >= 0.6 is 0 Å². The highest BCUT2D eigenvalue weighted by Crippen LogP contribution is 2.04. The Morgan fingerprint density at radius 2 is 1.92 bits per heavy atom. The molecule has 0 aliphatic heterocycles. The van der Waals surface area contributed by atoms with Crippen molar-refractivity contribution in [3.05, 3.63) is 35.9 Å². The molecule has 2 heteroatoms. The Bertz CT molecular complexity index is 263. The van der Waals surface area contributed by atoms with Gasteiger partial charge in [-0.2, -0.15) is 5.26 Å². The van der Waals surface area contributed by atoms with Crippen molar-refractivity contribution in [2.75, 3.05) is 6.61 Å². The molecule has 0 aliphatic rings. The maximum atomic E-state index is 8.11. The van der Waals surface area contributed by atoms with Crippen molar-refractivity contribution in [2.24, 2.45) is 0 Å². The molecule has 1 aromatic carbocycles. The predicted octanol–water partition coefficient (Wildman–Crippen LogP) is 2.51. The molecule has 0 atom stereocenters. The quantitative estimate of drug-likeness (QED) is 0.509. The van der Waals surface area contributed by atoms with Crippen LogP contribution in [0.25, 0.3) is 0 Å². The van der Waals surface area contributed by atoms with Crippen molar-refractivity contribution in [3.63, 3.8) is 0 Å². The molecule has 1 rings (SSSR count). The molecule has 1 aromatic rings. The van der Waals surface area contributed by atoms with E-state index in [2.05, 4.69) is 16.9 Å². The predicted molar refractivity (Wildman–Crippen MR) is 50.9 cm³/mol. The normalized spacial score (nSPS) is 9.15. The fourth-order valence-electron chi connectivity index (χ4n) is 1.19. The first-order valence-corrected chi connectivity index (χ1v) is 4.48. The van der Waals surface area contributed by atoms with Crippen LogP contribution in [0.3, 0.4) is 0 Å². The van der Waals surface area contributed by atoms with Gasteiger partial charge in [0.05, 0.1) is 0 Å². The van der Waals surface area contributed by atoms with E-state index in [0.29, 0.717) is 6.61 Å². The third kappa shape index (κ3) is 4.17. The molecule has 0 aromatic heterocycles. The molecule has 68 valence electrons. The summed E-state index contributed by atoms with van der Waals surface area (Å²) in [7, 11) is 0. The van der Waals surface area contributed by atoms with Crippen LogP contribution in [0.2, 0.25) is 0 Å². The number of hydrogen-bond donors (Lipinski definition) is 0. The molecule has 0 radical (unpaired) electrons. The maximum absolute atomic E-state index is 8.11. The molecule has 0 bridgehead atoms. The second-order valence-electron chi connectivity index (χ2n) is 2.88. The number of benzene rings is 1. The lowest BCUT2D eigenvalue weighted by Crippen LogP contribution is -1.90. The first-order valence-electron chi connectivity index (χ1n) is 4.48. The summed E-state index contributed by atoms with van der Waals surface area (Å²) in [6, 6.07) is 10.3. The summed E-state index contributed by atoms with van der Waals surface area (Å²) in [5, 5.41) is 8.11. The fraction of sp³-hybridized carbons (Fsp3) is 0.364. The van der Waals surface area contributed by atoms with Crippen molar-refractivity contribution in [1.29, 1.82) is 5.26 Å². The average molecular weight is 175 g/mol. The SMILES string of the molecule is N#COCCCCc1ccccc1. The summed E-state index contributed by atoms with van der Waals surface area (Å²) < 4.78 is 4.58. The van der Waals surface area contributed by atoms with E-state index in [-0.39, 0.29) is 0 Å². The number of rotatable bonds is 5. The highest BCUT2D eigenvalue weighted by molar-refractivity contribution is 5.14. The number of nitriles is 1. The summed E-state index contributed by atoms with van der Waals surface area (Å²) in [6.07, 6.45) is 4.75. The van der Waals surface area contributed by atoms with E-state index < -0.39 is 0 Å². The molecule has 0 saturated carbocycles. The molecule has 0 spiro atoms. The number of ether oxygens (including phenoxy) is 1. The van der Waals surface area contributed by atoms with Gasteiger partial charge in [0.2, 0.25) is 0 Å². The Labute approximate surface area is 78.8 Å². The van der Waals surface area contributed by atoms with E-state index in [1.807, 2.05) is 18.2 Å². The van der Waals surface area contributed by atoms with Gasteiger partial charge in [0.1, 0.15) is 6.61 Å². The van der Waals surface area contributed by atoms with Crippen molar-refractivity contribution in [3.8, 4) is 6.26 Å². The Morgan fingerprint density at radius 1 is 1.15 bits per heavy atom. The smallest absolute Gasteiger partial charge is 0.286 e. The van der Waals surface area contributed by atoms with Crippen LogP contribution in [0.5, 0.6) is 0 Å². The van der Waals surface area contributed by atoms with Gasteiger partial charge in [-0.25, -0.2) is 0 Å². The van der Waals surface area contributed by atoms with Crippen molar-refractivity contribution < 1.29 is 4.74 Å². The van der Waals surface area contributed by atoms with Gasteiger partial charge in [0.15, 0.2) is 0 Å². The Morgan fingerprint density at radius 3 is 2.62 bits per heavy atom. The lowest BCUT2D eigenvalue weighted by atomic mass is 10.1. The topological polar surface area (TPSA) is 33.0 Å². The van der Waals surface area contributed by atoms with E-state index >= 15 is 0 Å². The highest BCUT2D eigenvalue weighted by Gasteiger charge is 1.91. The molecular formula is C11H13NO. The zero-order valence-corrected chi connectivity index (χ0v) is 7.57. The molecule has 13 heavy (non-hydrogen) atoms. The standard InChI is InChI=1S/C11H13NO/c12-10-13-9-5-4-8-11-6-2-1-3-7-11/h1-3,6-7H,4-5,8-9H2. The van der Waals surface area contributed by atoms with Crippen LogP contribution < -0.4 is 0 Å². The third-order valence-electron chi connectivity index (χ3n) is 1.87. The van der Waals surface area contributed by atoms with Gasteiger partial charge in [-0.1, -0.05) is 30.3 Å². The van der Waals surface area contributed by atoms with Gasteiger partial charge in [-0.3, -0.25) is 0 Å². The minimum Gasteiger partial charge on any atom is -0.428 e. The Kier molecular flexibility index (Phi) is 4.48. The van der Waals surface area contributed by atoms with Crippen LogP contribution in [0, 0.1) is 11.5 Å². The van der Waals surface area contributed by atoms with Gasteiger partial charge >= 0.3 is 0 Å². The summed E-state index contributed by atoms with van der Waals surface area (Å²) >= 11 is 0. The summed E-state index contributed by atoms with van der Waals surface area (Å²) in [5.41, 5.74) is 1.35.